The first-order chi connectivity index (χ1) is 8.60. The van der Waals surface area contributed by atoms with Crippen molar-refractivity contribution in [3.63, 3.8) is 0 Å². The zero-order valence-electron chi connectivity index (χ0n) is 9.82. The number of fused-ring (bicyclic) bond motifs is 1. The molecule has 1 aromatic heterocycles. The summed E-state index contributed by atoms with van der Waals surface area (Å²) in [5, 5.41) is 3.82. The number of nitrogens with one attached hydrogen (secondary N) is 2. The predicted molar refractivity (Wildman–Crippen MR) is 74.7 cm³/mol. The van der Waals surface area contributed by atoms with Crippen LogP contribution < -0.4 is 21.3 Å². The van der Waals surface area contributed by atoms with Gasteiger partial charge in [-0.2, -0.15) is 0 Å². The number of aromatic amines is 1. The van der Waals surface area contributed by atoms with E-state index in [9.17, 15) is 4.79 Å². The van der Waals surface area contributed by atoms with Crippen molar-refractivity contribution in [1.29, 1.82) is 0 Å². The van der Waals surface area contributed by atoms with Crippen LogP contribution in [0.25, 0.3) is 10.9 Å². The van der Waals surface area contributed by atoms with Crippen LogP contribution in [0.3, 0.4) is 0 Å². The molecule has 0 saturated heterocycles. The number of ether oxygens (including phenoxy) is 1. The molecule has 0 fully saturated rings. The monoisotopic (exact) mass is 263 g/mol. The Hall–Kier alpha value is -2.08. The summed E-state index contributed by atoms with van der Waals surface area (Å²) in [4.78, 5) is 14.6. The molecule has 0 bridgehead atoms. The van der Waals surface area contributed by atoms with Crippen molar-refractivity contribution in [1.82, 2.24) is 10.3 Å². The molecule has 2 rings (SSSR count). The first kappa shape index (κ1) is 12.4. The van der Waals surface area contributed by atoms with Gasteiger partial charge in [0.2, 0.25) is 0 Å². The Morgan fingerprint density at radius 2 is 2.28 bits per heavy atom. The van der Waals surface area contributed by atoms with Crippen molar-refractivity contribution >= 4 is 28.2 Å². The van der Waals surface area contributed by atoms with Gasteiger partial charge in [-0.25, -0.2) is 0 Å². The molecule has 0 aliphatic carbocycles. The molecule has 0 spiro atoms. The Kier molecular flexibility index (Phi) is 3.47. The lowest BCUT2D eigenvalue weighted by molar-refractivity contribution is 0.415. The molecule has 94 valence electrons. The van der Waals surface area contributed by atoms with E-state index in [-0.39, 0.29) is 10.7 Å². The maximum Gasteiger partial charge on any atom is 0.253 e. The Morgan fingerprint density at radius 1 is 1.50 bits per heavy atom. The van der Waals surface area contributed by atoms with Gasteiger partial charge in [-0.15, -0.1) is 0 Å². The molecular weight excluding hydrogens is 250 g/mol. The van der Waals surface area contributed by atoms with E-state index in [4.69, 9.17) is 22.7 Å². The summed E-state index contributed by atoms with van der Waals surface area (Å²) < 4.78 is 5.14. The van der Waals surface area contributed by atoms with Crippen molar-refractivity contribution in [2.75, 3.05) is 7.11 Å². The third-order valence-electron chi connectivity index (χ3n) is 2.58. The highest BCUT2D eigenvalue weighted by Gasteiger charge is 2.04. The molecule has 0 aliphatic rings. The summed E-state index contributed by atoms with van der Waals surface area (Å²) in [6.45, 7) is 0.303. The van der Waals surface area contributed by atoms with Crippen LogP contribution in [0.15, 0.2) is 29.1 Å². The minimum Gasteiger partial charge on any atom is -0.497 e. The minimum absolute atomic E-state index is 0.156. The second-order valence-corrected chi connectivity index (χ2v) is 4.23. The van der Waals surface area contributed by atoms with E-state index in [1.165, 1.54) is 0 Å². The lowest BCUT2D eigenvalue weighted by Gasteiger charge is -2.06. The molecule has 0 radical (unpaired) electrons. The van der Waals surface area contributed by atoms with Crippen LogP contribution in [0, 0.1) is 0 Å². The molecule has 1 aromatic carbocycles. The summed E-state index contributed by atoms with van der Waals surface area (Å²) in [5.41, 5.74) is 6.52. The fourth-order valence-corrected chi connectivity index (χ4v) is 1.74. The number of H-pyrrole nitrogens is 1. The smallest absolute Gasteiger partial charge is 0.253 e. The molecule has 6 heteroatoms. The van der Waals surface area contributed by atoms with E-state index >= 15 is 0 Å². The molecule has 5 nitrogen and oxygen atoms in total. The van der Waals surface area contributed by atoms with E-state index in [0.29, 0.717) is 12.1 Å². The van der Waals surface area contributed by atoms with Crippen LogP contribution >= 0.6 is 12.2 Å². The van der Waals surface area contributed by atoms with E-state index in [0.717, 1.165) is 16.7 Å². The van der Waals surface area contributed by atoms with Crippen LogP contribution in [0.5, 0.6) is 5.75 Å². The fraction of sp³-hybridized carbons (Fsp3) is 0.167. The molecule has 18 heavy (non-hydrogen) atoms. The van der Waals surface area contributed by atoms with E-state index < -0.39 is 0 Å². The quantitative estimate of drug-likeness (QED) is 0.716. The lowest BCUT2D eigenvalue weighted by atomic mass is 10.1. The average Bonchev–Trinajstić information content (AvgIpc) is 2.35. The number of methoxy groups -OCH3 is 1. The molecule has 0 unspecified atom stereocenters. The first-order valence-electron chi connectivity index (χ1n) is 5.33. The Labute approximate surface area is 109 Å². The number of aromatic nitrogens is 1. The van der Waals surface area contributed by atoms with Gasteiger partial charge in [0.05, 0.1) is 7.11 Å². The van der Waals surface area contributed by atoms with Gasteiger partial charge in [-0.05, 0) is 36.5 Å². The average molecular weight is 263 g/mol. The van der Waals surface area contributed by atoms with Gasteiger partial charge in [0, 0.05) is 23.0 Å². The number of thiocarbonyl (C=S) groups is 1. The zero-order chi connectivity index (χ0) is 13.1. The number of hydrogen-bond acceptors (Lipinski definition) is 3. The molecule has 4 N–H and O–H groups in total. The van der Waals surface area contributed by atoms with Crippen molar-refractivity contribution in [2.24, 2.45) is 5.73 Å². The largest absolute Gasteiger partial charge is 0.497 e. The number of rotatable bonds is 3. The van der Waals surface area contributed by atoms with Gasteiger partial charge in [0.25, 0.3) is 5.56 Å². The van der Waals surface area contributed by atoms with Crippen molar-refractivity contribution in [2.45, 2.75) is 6.54 Å². The van der Waals surface area contributed by atoms with Gasteiger partial charge in [-0.3, -0.25) is 4.79 Å². The van der Waals surface area contributed by atoms with Crippen molar-refractivity contribution < 1.29 is 4.74 Å². The topological polar surface area (TPSA) is 80.1 Å². The maximum atomic E-state index is 11.8. The van der Waals surface area contributed by atoms with E-state index in [1.54, 1.807) is 25.3 Å². The number of hydrogen-bond donors (Lipinski definition) is 3. The van der Waals surface area contributed by atoms with Crippen LogP contribution in [0.1, 0.15) is 5.56 Å². The van der Waals surface area contributed by atoms with Gasteiger partial charge >= 0.3 is 0 Å². The SMILES string of the molecule is COc1ccc2[nH]c(=O)c(CNC(N)=S)cc2c1. The number of pyridine rings is 1. The summed E-state index contributed by atoms with van der Waals surface area (Å²) in [6, 6.07) is 7.25. The first-order valence-corrected chi connectivity index (χ1v) is 5.74. The normalized spacial score (nSPS) is 10.3. The number of benzene rings is 1. The van der Waals surface area contributed by atoms with Crippen molar-refractivity contribution in [3.05, 3.63) is 40.2 Å². The maximum absolute atomic E-state index is 11.8. The van der Waals surface area contributed by atoms with Gasteiger partial charge < -0.3 is 20.8 Å². The fourth-order valence-electron chi connectivity index (χ4n) is 1.67. The molecule has 0 atom stereocenters. The molecule has 0 saturated carbocycles. The van der Waals surface area contributed by atoms with Crippen molar-refractivity contribution in [3.8, 4) is 5.75 Å². The second kappa shape index (κ2) is 5.05. The van der Waals surface area contributed by atoms with Crippen LogP contribution in [0.2, 0.25) is 0 Å². The highest BCUT2D eigenvalue weighted by atomic mass is 32.1. The van der Waals surface area contributed by atoms with Gasteiger partial charge in [-0.1, -0.05) is 0 Å². The molecule has 1 heterocycles. The summed E-state index contributed by atoms with van der Waals surface area (Å²) in [6.07, 6.45) is 0. The van der Waals surface area contributed by atoms with E-state index in [2.05, 4.69) is 10.3 Å². The number of nitrogens with two attached hydrogens (primary N) is 1. The van der Waals surface area contributed by atoms with E-state index in [1.807, 2.05) is 6.07 Å². The Bertz CT molecular complexity index is 651. The Balaban J connectivity index is 2.44. The van der Waals surface area contributed by atoms with Crippen LogP contribution in [0.4, 0.5) is 0 Å². The highest BCUT2D eigenvalue weighted by Crippen LogP contribution is 2.18. The molecule has 0 amide bonds. The van der Waals surface area contributed by atoms with Gasteiger partial charge in [0.15, 0.2) is 5.11 Å². The molecular formula is C12H13N3O2S. The van der Waals surface area contributed by atoms with Gasteiger partial charge in [0.1, 0.15) is 5.75 Å². The second-order valence-electron chi connectivity index (χ2n) is 3.79. The molecule has 2 aromatic rings. The predicted octanol–water partition coefficient (Wildman–Crippen LogP) is 0.870. The summed E-state index contributed by atoms with van der Waals surface area (Å²) in [5.74, 6) is 0.739. The standard InChI is InChI=1S/C12H13N3O2S/c1-17-9-2-3-10-7(5-9)4-8(11(16)15-10)6-14-12(13)18/h2-5H,6H2,1H3,(H,15,16)(H3,13,14,18). The highest BCUT2D eigenvalue weighted by molar-refractivity contribution is 7.80. The molecule has 0 aliphatic heterocycles. The third kappa shape index (κ3) is 2.60. The summed E-state index contributed by atoms with van der Waals surface area (Å²) >= 11 is 4.71. The zero-order valence-corrected chi connectivity index (χ0v) is 10.6. The Morgan fingerprint density at radius 3 is 2.94 bits per heavy atom. The lowest BCUT2D eigenvalue weighted by Crippen LogP contribution is -2.30. The minimum atomic E-state index is -0.156. The van der Waals surface area contributed by atoms with Crippen LogP contribution in [-0.4, -0.2) is 17.2 Å². The summed E-state index contributed by atoms with van der Waals surface area (Å²) in [7, 11) is 1.60. The van der Waals surface area contributed by atoms with Crippen LogP contribution in [-0.2, 0) is 6.54 Å². The third-order valence-corrected chi connectivity index (χ3v) is 2.73.